The summed E-state index contributed by atoms with van der Waals surface area (Å²) >= 11 is 6.21. The van der Waals surface area contributed by atoms with Gasteiger partial charge in [-0.1, -0.05) is 24.9 Å². The van der Waals surface area contributed by atoms with Gasteiger partial charge in [-0.2, -0.15) is 0 Å². The number of halogens is 1. The fraction of sp³-hybridized carbons (Fsp3) is 0.625. The summed E-state index contributed by atoms with van der Waals surface area (Å²) in [7, 11) is 3.23. The maximum Gasteiger partial charge on any atom is 0.179 e. The molecule has 20 heavy (non-hydrogen) atoms. The van der Waals surface area contributed by atoms with E-state index in [9.17, 15) is 0 Å². The van der Waals surface area contributed by atoms with Crippen LogP contribution in [0.1, 0.15) is 31.7 Å². The lowest BCUT2D eigenvalue weighted by Crippen LogP contribution is -2.21. The lowest BCUT2D eigenvalue weighted by Gasteiger charge is -2.14. The third-order valence-electron chi connectivity index (χ3n) is 4.06. The summed E-state index contributed by atoms with van der Waals surface area (Å²) in [5.41, 5.74) is 1.12. The topological polar surface area (TPSA) is 30.5 Å². The van der Waals surface area contributed by atoms with E-state index in [0.717, 1.165) is 30.5 Å². The minimum atomic E-state index is 0.595. The standard InChI is InChI=1S/C16H24ClNO2/c1-11-4-5-12(6-11)9-18-10-13-7-14(17)16(20-3)15(8-13)19-2/h7-8,11-12,18H,4-6,9-10H2,1-3H3. The van der Waals surface area contributed by atoms with Crippen LogP contribution in [0.5, 0.6) is 11.5 Å². The molecule has 0 heterocycles. The predicted molar refractivity (Wildman–Crippen MR) is 82.8 cm³/mol. The first-order valence-electron chi connectivity index (χ1n) is 7.25. The number of rotatable bonds is 6. The molecule has 1 aliphatic rings. The highest BCUT2D eigenvalue weighted by Crippen LogP contribution is 2.36. The first-order chi connectivity index (χ1) is 9.63. The Bertz CT molecular complexity index is 450. The molecule has 0 amide bonds. The quantitative estimate of drug-likeness (QED) is 0.864. The van der Waals surface area contributed by atoms with Gasteiger partial charge in [0.2, 0.25) is 0 Å². The van der Waals surface area contributed by atoms with Crippen LogP contribution in [0.25, 0.3) is 0 Å². The summed E-state index contributed by atoms with van der Waals surface area (Å²) in [6, 6.07) is 3.92. The molecule has 0 saturated heterocycles. The van der Waals surface area contributed by atoms with Crippen molar-refractivity contribution in [2.24, 2.45) is 11.8 Å². The van der Waals surface area contributed by atoms with Crippen molar-refractivity contribution in [3.05, 3.63) is 22.7 Å². The summed E-state index contributed by atoms with van der Waals surface area (Å²) in [5.74, 6) is 2.99. The van der Waals surface area contributed by atoms with Crippen LogP contribution in [-0.4, -0.2) is 20.8 Å². The van der Waals surface area contributed by atoms with Crippen molar-refractivity contribution in [2.45, 2.75) is 32.7 Å². The molecular weight excluding hydrogens is 274 g/mol. The Morgan fingerprint density at radius 1 is 1.25 bits per heavy atom. The van der Waals surface area contributed by atoms with Crippen LogP contribution in [0.2, 0.25) is 5.02 Å². The highest BCUT2D eigenvalue weighted by Gasteiger charge is 2.20. The largest absolute Gasteiger partial charge is 0.493 e. The van der Waals surface area contributed by atoms with Crippen LogP contribution in [-0.2, 0) is 6.54 Å². The molecule has 0 bridgehead atoms. The number of methoxy groups -OCH3 is 2. The second-order valence-electron chi connectivity index (χ2n) is 5.73. The Morgan fingerprint density at radius 3 is 2.65 bits per heavy atom. The van der Waals surface area contributed by atoms with Gasteiger partial charge >= 0.3 is 0 Å². The predicted octanol–water partition coefficient (Wildman–Crippen LogP) is 3.88. The summed E-state index contributed by atoms with van der Waals surface area (Å²) in [4.78, 5) is 0. The number of benzene rings is 1. The van der Waals surface area contributed by atoms with E-state index in [-0.39, 0.29) is 0 Å². The van der Waals surface area contributed by atoms with Crippen molar-refractivity contribution >= 4 is 11.6 Å². The molecule has 1 aromatic carbocycles. The molecule has 1 fully saturated rings. The van der Waals surface area contributed by atoms with Crippen molar-refractivity contribution in [3.8, 4) is 11.5 Å². The summed E-state index contributed by atoms with van der Waals surface area (Å²) in [6.45, 7) is 4.23. The van der Waals surface area contributed by atoms with Crippen LogP contribution in [0.4, 0.5) is 0 Å². The van der Waals surface area contributed by atoms with Gasteiger partial charge in [0.05, 0.1) is 19.2 Å². The van der Waals surface area contributed by atoms with E-state index < -0.39 is 0 Å². The number of ether oxygens (including phenoxy) is 2. The fourth-order valence-electron chi connectivity index (χ4n) is 3.00. The second kappa shape index (κ2) is 7.19. The first kappa shape index (κ1) is 15.5. The van der Waals surface area contributed by atoms with E-state index in [2.05, 4.69) is 12.2 Å². The lowest BCUT2D eigenvalue weighted by molar-refractivity contribution is 0.354. The SMILES string of the molecule is COc1cc(CNCC2CCC(C)C2)cc(Cl)c1OC. The van der Waals surface area contributed by atoms with Crippen LogP contribution in [0.15, 0.2) is 12.1 Å². The van der Waals surface area contributed by atoms with Crippen LogP contribution < -0.4 is 14.8 Å². The maximum absolute atomic E-state index is 6.21. The molecule has 0 aliphatic heterocycles. The van der Waals surface area contributed by atoms with Crippen molar-refractivity contribution in [1.29, 1.82) is 0 Å². The van der Waals surface area contributed by atoms with Crippen LogP contribution in [0, 0.1) is 11.8 Å². The van der Waals surface area contributed by atoms with Gasteiger partial charge in [-0.05, 0) is 48.9 Å². The minimum absolute atomic E-state index is 0.595. The van der Waals surface area contributed by atoms with Crippen molar-refractivity contribution in [2.75, 3.05) is 20.8 Å². The van der Waals surface area contributed by atoms with E-state index >= 15 is 0 Å². The molecule has 0 radical (unpaired) electrons. The van der Waals surface area contributed by atoms with E-state index in [1.807, 2.05) is 12.1 Å². The van der Waals surface area contributed by atoms with Gasteiger partial charge < -0.3 is 14.8 Å². The lowest BCUT2D eigenvalue weighted by atomic mass is 10.1. The summed E-state index contributed by atoms with van der Waals surface area (Å²) in [6.07, 6.45) is 4.06. The fourth-order valence-corrected chi connectivity index (χ4v) is 3.31. The molecule has 1 aliphatic carbocycles. The van der Waals surface area contributed by atoms with E-state index in [1.54, 1.807) is 14.2 Å². The molecule has 1 saturated carbocycles. The molecule has 0 aromatic heterocycles. The van der Waals surface area contributed by atoms with Gasteiger partial charge in [0.15, 0.2) is 11.5 Å². The number of nitrogens with one attached hydrogen (secondary N) is 1. The maximum atomic E-state index is 6.21. The first-order valence-corrected chi connectivity index (χ1v) is 7.63. The zero-order valence-corrected chi connectivity index (χ0v) is 13.3. The molecule has 1 aromatic rings. The summed E-state index contributed by atoms with van der Waals surface area (Å²) < 4.78 is 10.6. The highest BCUT2D eigenvalue weighted by molar-refractivity contribution is 6.32. The Labute approximate surface area is 126 Å². The highest BCUT2D eigenvalue weighted by atomic mass is 35.5. The van der Waals surface area contributed by atoms with Crippen molar-refractivity contribution < 1.29 is 9.47 Å². The normalized spacial score (nSPS) is 22.0. The Kier molecular flexibility index (Phi) is 5.55. The van der Waals surface area contributed by atoms with Crippen LogP contribution >= 0.6 is 11.6 Å². The monoisotopic (exact) mass is 297 g/mol. The second-order valence-corrected chi connectivity index (χ2v) is 6.14. The van der Waals surface area contributed by atoms with Gasteiger partial charge in [0.1, 0.15) is 0 Å². The summed E-state index contributed by atoms with van der Waals surface area (Å²) in [5, 5.41) is 4.12. The molecule has 1 N–H and O–H groups in total. The number of hydrogen-bond acceptors (Lipinski definition) is 3. The van der Waals surface area contributed by atoms with Gasteiger partial charge in [-0.3, -0.25) is 0 Å². The Hall–Kier alpha value is -0.930. The molecule has 112 valence electrons. The zero-order chi connectivity index (χ0) is 14.5. The van der Waals surface area contributed by atoms with Crippen LogP contribution in [0.3, 0.4) is 0 Å². The molecule has 2 unspecified atom stereocenters. The molecular formula is C16H24ClNO2. The van der Waals surface area contributed by atoms with Gasteiger partial charge in [0.25, 0.3) is 0 Å². The van der Waals surface area contributed by atoms with Crippen molar-refractivity contribution in [3.63, 3.8) is 0 Å². The Balaban J connectivity index is 1.91. The molecule has 0 spiro atoms. The molecule has 2 atom stereocenters. The van der Waals surface area contributed by atoms with E-state index in [4.69, 9.17) is 21.1 Å². The zero-order valence-electron chi connectivity index (χ0n) is 12.5. The van der Waals surface area contributed by atoms with E-state index in [0.29, 0.717) is 16.5 Å². The van der Waals surface area contributed by atoms with Gasteiger partial charge in [-0.25, -0.2) is 0 Å². The van der Waals surface area contributed by atoms with E-state index in [1.165, 1.54) is 19.3 Å². The van der Waals surface area contributed by atoms with Crippen molar-refractivity contribution in [1.82, 2.24) is 5.32 Å². The average Bonchev–Trinajstić information content (AvgIpc) is 2.83. The average molecular weight is 298 g/mol. The smallest absolute Gasteiger partial charge is 0.179 e. The molecule has 2 rings (SSSR count). The van der Waals surface area contributed by atoms with Gasteiger partial charge in [0, 0.05) is 6.54 Å². The molecule has 3 nitrogen and oxygen atoms in total. The molecule has 4 heteroatoms. The third-order valence-corrected chi connectivity index (χ3v) is 4.34. The van der Waals surface area contributed by atoms with Gasteiger partial charge in [-0.15, -0.1) is 0 Å². The third kappa shape index (κ3) is 3.80. The Morgan fingerprint density at radius 2 is 2.05 bits per heavy atom. The minimum Gasteiger partial charge on any atom is -0.493 e. The number of hydrogen-bond donors (Lipinski definition) is 1.